The van der Waals surface area contributed by atoms with Crippen molar-refractivity contribution in [2.24, 2.45) is 0 Å². The number of alkyl halides is 3. The number of pyridine rings is 1. The van der Waals surface area contributed by atoms with Gasteiger partial charge in [-0.2, -0.15) is 23.2 Å². The van der Waals surface area contributed by atoms with E-state index in [0.717, 1.165) is 18.3 Å². The van der Waals surface area contributed by atoms with Gasteiger partial charge in [0, 0.05) is 24.0 Å². The van der Waals surface area contributed by atoms with E-state index in [1.54, 1.807) is 0 Å². The lowest BCUT2D eigenvalue weighted by molar-refractivity contribution is -0.147. The zero-order valence-corrected chi connectivity index (χ0v) is 19.9. The van der Waals surface area contributed by atoms with E-state index in [4.69, 9.17) is 0 Å². The van der Waals surface area contributed by atoms with Gasteiger partial charge in [0.15, 0.2) is 5.78 Å². The fourth-order valence-corrected chi connectivity index (χ4v) is 4.77. The van der Waals surface area contributed by atoms with Crippen LogP contribution in [0.25, 0.3) is 28.2 Å². The molecule has 0 saturated carbocycles. The lowest BCUT2D eigenvalue weighted by Crippen LogP contribution is -2.42. The van der Waals surface area contributed by atoms with Crippen LogP contribution in [0.1, 0.15) is 29.8 Å². The Morgan fingerprint density at radius 2 is 1.84 bits per heavy atom. The lowest BCUT2D eigenvalue weighted by Gasteiger charge is -2.17. The number of hydrogen-bond acceptors (Lipinski definition) is 7. The molecule has 0 aliphatic rings. The standard InChI is InChI=1S/C23H16F4N6O3S/c1-12(34)15-9-20-16(8-18(15)24)17(10-28)21(33(20)22-29-6-3-7-30-22)19-5-4-14(11-31-19)37(35,36)32-13(2)23(25,26)27/h3-9,11,13,32H,1-2H3. The zero-order valence-electron chi connectivity index (χ0n) is 19.1. The second kappa shape index (κ2) is 9.34. The van der Waals surface area contributed by atoms with Crippen molar-refractivity contribution in [1.82, 2.24) is 24.2 Å². The molecule has 0 bridgehead atoms. The smallest absolute Gasteiger partial charge is 0.294 e. The van der Waals surface area contributed by atoms with Crippen LogP contribution in [0.3, 0.4) is 0 Å². The van der Waals surface area contributed by atoms with Crippen LogP contribution in [0.15, 0.2) is 53.8 Å². The van der Waals surface area contributed by atoms with Crippen molar-refractivity contribution < 1.29 is 30.8 Å². The predicted molar refractivity (Wildman–Crippen MR) is 123 cm³/mol. The van der Waals surface area contributed by atoms with Crippen LogP contribution < -0.4 is 4.72 Å². The Hall–Kier alpha value is -4.22. The number of nitrogens with zero attached hydrogens (tertiary/aromatic N) is 5. The van der Waals surface area contributed by atoms with Crippen LogP contribution in [0.4, 0.5) is 17.6 Å². The quantitative estimate of drug-likeness (QED) is 0.294. The first-order valence-electron chi connectivity index (χ1n) is 10.5. The third-order valence-electron chi connectivity index (χ3n) is 5.41. The Kier molecular flexibility index (Phi) is 6.53. The number of ketones is 1. The van der Waals surface area contributed by atoms with Crippen molar-refractivity contribution in [2.75, 3.05) is 0 Å². The number of carbonyl (C=O) groups is 1. The molecule has 0 fully saturated rings. The van der Waals surface area contributed by atoms with Gasteiger partial charge in [0.2, 0.25) is 16.0 Å². The van der Waals surface area contributed by atoms with Crippen molar-refractivity contribution in [3.63, 3.8) is 0 Å². The van der Waals surface area contributed by atoms with Gasteiger partial charge in [-0.15, -0.1) is 0 Å². The van der Waals surface area contributed by atoms with E-state index in [-0.39, 0.29) is 39.4 Å². The normalized spacial score (nSPS) is 12.9. The monoisotopic (exact) mass is 532 g/mol. The van der Waals surface area contributed by atoms with Gasteiger partial charge in [0.1, 0.15) is 22.8 Å². The molecule has 4 rings (SSSR count). The summed E-state index contributed by atoms with van der Waals surface area (Å²) in [6.45, 7) is 1.84. The average Bonchev–Trinajstić information content (AvgIpc) is 3.16. The molecule has 3 heterocycles. The van der Waals surface area contributed by atoms with E-state index in [9.17, 15) is 36.0 Å². The van der Waals surface area contributed by atoms with Gasteiger partial charge >= 0.3 is 6.18 Å². The number of hydrogen-bond donors (Lipinski definition) is 1. The summed E-state index contributed by atoms with van der Waals surface area (Å²) in [7, 11) is -4.58. The van der Waals surface area contributed by atoms with E-state index in [1.807, 2.05) is 6.07 Å². The molecule has 1 N–H and O–H groups in total. The number of rotatable bonds is 6. The van der Waals surface area contributed by atoms with E-state index in [2.05, 4.69) is 15.0 Å². The maximum absolute atomic E-state index is 14.7. The molecule has 3 aromatic heterocycles. The Labute approximate surface area is 207 Å². The molecule has 4 aromatic rings. The van der Waals surface area contributed by atoms with Crippen molar-refractivity contribution in [3.05, 3.63) is 65.9 Å². The number of nitriles is 1. The third-order valence-corrected chi connectivity index (χ3v) is 6.94. The highest BCUT2D eigenvalue weighted by Crippen LogP contribution is 2.36. The molecular formula is C23H16F4N6O3S. The molecule has 1 atom stereocenters. The number of halogens is 4. The van der Waals surface area contributed by atoms with E-state index in [0.29, 0.717) is 6.92 Å². The molecule has 0 spiro atoms. The molecule has 0 radical (unpaired) electrons. The summed E-state index contributed by atoms with van der Waals surface area (Å²) >= 11 is 0. The molecular weight excluding hydrogens is 516 g/mol. The highest BCUT2D eigenvalue weighted by molar-refractivity contribution is 7.89. The maximum atomic E-state index is 14.7. The zero-order chi connectivity index (χ0) is 27.1. The Bertz CT molecular complexity index is 1660. The van der Waals surface area contributed by atoms with Crippen LogP contribution in [0.5, 0.6) is 0 Å². The number of aromatic nitrogens is 4. The van der Waals surface area contributed by atoms with Crippen LogP contribution in [0.2, 0.25) is 0 Å². The van der Waals surface area contributed by atoms with Crippen LogP contribution in [-0.2, 0) is 10.0 Å². The number of benzene rings is 1. The molecule has 190 valence electrons. The highest BCUT2D eigenvalue weighted by Gasteiger charge is 2.39. The number of carbonyl (C=O) groups excluding carboxylic acids is 1. The Morgan fingerprint density at radius 3 is 2.38 bits per heavy atom. The van der Waals surface area contributed by atoms with E-state index < -0.39 is 38.7 Å². The highest BCUT2D eigenvalue weighted by atomic mass is 32.2. The Morgan fingerprint density at radius 1 is 1.16 bits per heavy atom. The number of sulfonamides is 1. The molecule has 9 nitrogen and oxygen atoms in total. The van der Waals surface area contributed by atoms with E-state index in [1.165, 1.54) is 46.8 Å². The predicted octanol–water partition coefficient (Wildman–Crippen LogP) is 3.92. The van der Waals surface area contributed by atoms with Crippen LogP contribution >= 0.6 is 0 Å². The summed E-state index contributed by atoms with van der Waals surface area (Å²) < 4.78 is 80.9. The third kappa shape index (κ3) is 4.78. The van der Waals surface area contributed by atoms with E-state index >= 15 is 0 Å². The maximum Gasteiger partial charge on any atom is 0.404 e. The molecule has 0 aliphatic carbocycles. The molecule has 14 heteroatoms. The summed E-state index contributed by atoms with van der Waals surface area (Å²) in [5.74, 6) is -1.37. The molecule has 0 aliphatic heterocycles. The molecule has 0 saturated heterocycles. The first-order chi connectivity index (χ1) is 17.3. The number of Topliss-reactive ketones (excluding diaryl/α,β-unsaturated/α-hetero) is 1. The minimum Gasteiger partial charge on any atom is -0.294 e. The topological polar surface area (TPSA) is 131 Å². The summed E-state index contributed by atoms with van der Waals surface area (Å²) in [6, 6.07) is 5.63. The minimum absolute atomic E-state index is 0.0211. The average molecular weight is 532 g/mol. The van der Waals surface area contributed by atoms with Gasteiger partial charge in [-0.1, -0.05) is 0 Å². The van der Waals surface area contributed by atoms with Crippen molar-refractivity contribution in [3.8, 4) is 23.4 Å². The van der Waals surface area contributed by atoms with Crippen molar-refractivity contribution in [2.45, 2.75) is 31.0 Å². The van der Waals surface area contributed by atoms with Gasteiger partial charge in [0.25, 0.3) is 0 Å². The van der Waals surface area contributed by atoms with Gasteiger partial charge in [-0.3, -0.25) is 14.3 Å². The summed E-state index contributed by atoms with van der Waals surface area (Å²) in [5, 5.41) is 10.1. The minimum atomic E-state index is -4.80. The fraction of sp³-hybridized carbons (Fsp3) is 0.174. The molecule has 1 aromatic carbocycles. The van der Waals surface area contributed by atoms with Gasteiger partial charge in [0.05, 0.1) is 28.0 Å². The second-order valence-corrected chi connectivity index (χ2v) is 9.60. The van der Waals surface area contributed by atoms with Gasteiger partial charge in [-0.05, 0) is 44.2 Å². The first kappa shape index (κ1) is 25.9. The SMILES string of the molecule is CC(=O)c1cc2c(cc1F)c(C#N)c(-c1ccc(S(=O)(=O)NC(C)C(F)(F)F)cn1)n2-c1ncccn1. The van der Waals surface area contributed by atoms with Crippen molar-refractivity contribution in [1.29, 1.82) is 5.26 Å². The molecule has 1 unspecified atom stereocenters. The summed E-state index contributed by atoms with van der Waals surface area (Å²) in [6.07, 6.45) is -1.14. The first-order valence-corrected chi connectivity index (χ1v) is 12.0. The summed E-state index contributed by atoms with van der Waals surface area (Å²) in [5.41, 5.74) is -0.0125. The largest absolute Gasteiger partial charge is 0.404 e. The fourth-order valence-electron chi connectivity index (χ4n) is 3.59. The second-order valence-electron chi connectivity index (χ2n) is 7.89. The number of nitrogens with one attached hydrogen (secondary N) is 1. The molecule has 37 heavy (non-hydrogen) atoms. The van der Waals surface area contributed by atoms with Gasteiger partial charge in [-0.25, -0.2) is 22.8 Å². The van der Waals surface area contributed by atoms with Gasteiger partial charge < -0.3 is 0 Å². The van der Waals surface area contributed by atoms with Crippen LogP contribution in [-0.4, -0.2) is 45.9 Å². The van der Waals surface area contributed by atoms with Crippen molar-refractivity contribution >= 4 is 26.7 Å². The summed E-state index contributed by atoms with van der Waals surface area (Å²) in [4.78, 5) is 23.8. The lowest BCUT2D eigenvalue weighted by atomic mass is 10.1. The Balaban J connectivity index is 1.94. The number of fused-ring (bicyclic) bond motifs is 1. The molecule has 0 amide bonds. The van der Waals surface area contributed by atoms with Crippen LogP contribution in [0, 0.1) is 17.1 Å².